The number of hydrogen-bond acceptors (Lipinski definition) is 5. The smallest absolute Gasteiger partial charge is 0.316 e. The molecule has 9 heteroatoms. The summed E-state index contributed by atoms with van der Waals surface area (Å²) in [6, 6.07) is 5.35. The second-order valence-corrected chi connectivity index (χ2v) is 5.00. The lowest BCUT2D eigenvalue weighted by molar-refractivity contribution is -0.135. The molecule has 0 aromatic heterocycles. The molecule has 0 radical (unpaired) electrons. The van der Waals surface area contributed by atoms with Crippen LogP contribution in [-0.2, 0) is 19.6 Å². The van der Waals surface area contributed by atoms with Crippen LogP contribution in [0.3, 0.4) is 0 Å². The zero-order chi connectivity index (χ0) is 13.3. The summed E-state index contributed by atoms with van der Waals surface area (Å²) in [7, 11) is -4.00. The molecular weight excluding hydrogens is 260 g/mol. The maximum atomic E-state index is 11.8. The van der Waals surface area contributed by atoms with Gasteiger partial charge in [-0.05, 0) is 24.3 Å². The second kappa shape index (κ2) is 4.11. The number of nitrogens with zero attached hydrogens (tertiary/aromatic N) is 1. The van der Waals surface area contributed by atoms with E-state index in [1.165, 1.54) is 24.3 Å². The van der Waals surface area contributed by atoms with Crippen molar-refractivity contribution in [2.75, 3.05) is 5.73 Å². The third kappa shape index (κ3) is 2.30. The molecule has 18 heavy (non-hydrogen) atoms. The lowest BCUT2D eigenvalue weighted by Gasteiger charge is -2.00. The molecule has 0 bridgehead atoms. The number of rotatable bonds is 2. The van der Waals surface area contributed by atoms with E-state index >= 15 is 0 Å². The minimum Gasteiger partial charge on any atom is -0.399 e. The van der Waals surface area contributed by atoms with Gasteiger partial charge in [-0.15, -0.1) is 4.40 Å². The van der Waals surface area contributed by atoms with Crippen LogP contribution in [0.25, 0.3) is 0 Å². The van der Waals surface area contributed by atoms with Crippen LogP contribution in [-0.4, -0.2) is 26.2 Å². The number of sulfonamides is 1. The quantitative estimate of drug-likeness (QED) is 0.446. The van der Waals surface area contributed by atoms with E-state index in [1.807, 2.05) is 10.6 Å². The summed E-state index contributed by atoms with van der Waals surface area (Å²) in [5, 5.41) is 3.97. The molecule has 1 aromatic carbocycles. The van der Waals surface area contributed by atoms with Crippen LogP contribution in [0.4, 0.5) is 5.69 Å². The number of nitrogen functional groups attached to an aromatic ring is 1. The Kier molecular flexibility index (Phi) is 2.75. The number of carbonyl (C=O) groups is 2. The Labute approximate surface area is 102 Å². The van der Waals surface area contributed by atoms with Crippen LogP contribution in [0.5, 0.6) is 0 Å². The van der Waals surface area contributed by atoms with Crippen molar-refractivity contribution >= 4 is 33.5 Å². The third-order valence-corrected chi connectivity index (χ3v) is 3.35. The van der Waals surface area contributed by atoms with Crippen LogP contribution in [0.1, 0.15) is 0 Å². The molecule has 4 N–H and O–H groups in total. The maximum absolute atomic E-state index is 11.8. The Bertz CT molecular complexity index is 630. The first kappa shape index (κ1) is 12.0. The molecule has 1 aliphatic heterocycles. The molecule has 0 spiro atoms. The molecule has 0 atom stereocenters. The summed E-state index contributed by atoms with van der Waals surface area (Å²) in [6.07, 6.45) is 0. The van der Waals surface area contributed by atoms with Gasteiger partial charge in [-0.2, -0.15) is 8.42 Å². The van der Waals surface area contributed by atoms with Crippen molar-refractivity contribution in [2.24, 2.45) is 4.40 Å². The normalized spacial score (nSPS) is 15.2. The molecule has 8 nitrogen and oxygen atoms in total. The molecule has 0 unspecified atom stereocenters. The van der Waals surface area contributed by atoms with E-state index in [1.54, 1.807) is 0 Å². The van der Waals surface area contributed by atoms with Gasteiger partial charge in [0.25, 0.3) is 10.0 Å². The molecular formula is C9H8N4O4S. The van der Waals surface area contributed by atoms with Gasteiger partial charge in [0, 0.05) is 5.69 Å². The fourth-order valence-corrected chi connectivity index (χ4v) is 2.14. The van der Waals surface area contributed by atoms with E-state index in [2.05, 4.69) is 4.40 Å². The number of nitrogens with two attached hydrogens (primary N) is 1. The lowest BCUT2D eigenvalue weighted by atomic mass is 10.3. The Morgan fingerprint density at radius 2 is 1.50 bits per heavy atom. The summed E-state index contributed by atoms with van der Waals surface area (Å²) in [4.78, 5) is 21.6. The van der Waals surface area contributed by atoms with Gasteiger partial charge in [-0.1, -0.05) is 0 Å². The summed E-state index contributed by atoms with van der Waals surface area (Å²) in [5.74, 6) is -2.33. The van der Waals surface area contributed by atoms with E-state index < -0.39 is 27.8 Å². The molecule has 2 rings (SSSR count). The van der Waals surface area contributed by atoms with E-state index in [-0.39, 0.29) is 4.90 Å². The minimum atomic E-state index is -4.00. The topological polar surface area (TPSA) is 131 Å². The van der Waals surface area contributed by atoms with Crippen LogP contribution in [0, 0.1) is 0 Å². The van der Waals surface area contributed by atoms with Crippen LogP contribution >= 0.6 is 0 Å². The van der Waals surface area contributed by atoms with E-state index in [4.69, 9.17) is 5.73 Å². The highest BCUT2D eigenvalue weighted by atomic mass is 32.2. The van der Waals surface area contributed by atoms with Gasteiger partial charge >= 0.3 is 11.8 Å². The predicted octanol–water partition coefficient (Wildman–Crippen LogP) is -1.44. The van der Waals surface area contributed by atoms with Crippen molar-refractivity contribution in [1.82, 2.24) is 10.6 Å². The predicted molar refractivity (Wildman–Crippen MR) is 61.8 cm³/mol. The van der Waals surface area contributed by atoms with Gasteiger partial charge in [0.05, 0.1) is 4.90 Å². The summed E-state index contributed by atoms with van der Waals surface area (Å²) in [5.41, 5.74) is 5.83. The molecule has 0 saturated carbocycles. The number of amides is 2. The van der Waals surface area contributed by atoms with Crippen molar-refractivity contribution in [2.45, 2.75) is 4.90 Å². The monoisotopic (exact) mass is 268 g/mol. The summed E-state index contributed by atoms with van der Waals surface area (Å²) in [6.45, 7) is 0. The zero-order valence-corrected chi connectivity index (χ0v) is 9.69. The van der Waals surface area contributed by atoms with Gasteiger partial charge < -0.3 is 5.73 Å². The zero-order valence-electron chi connectivity index (χ0n) is 8.88. The Morgan fingerprint density at radius 3 is 2.00 bits per heavy atom. The van der Waals surface area contributed by atoms with Crippen LogP contribution in [0.15, 0.2) is 33.6 Å². The Hall–Kier alpha value is -2.42. The highest BCUT2D eigenvalue weighted by Crippen LogP contribution is 2.14. The van der Waals surface area contributed by atoms with Gasteiger partial charge in [0.15, 0.2) is 0 Å². The largest absolute Gasteiger partial charge is 0.399 e. The average Bonchev–Trinajstić information content (AvgIpc) is 2.57. The molecule has 1 saturated heterocycles. The van der Waals surface area contributed by atoms with Gasteiger partial charge in [0.2, 0.25) is 5.96 Å². The Balaban J connectivity index is 2.33. The Morgan fingerprint density at radius 1 is 1.00 bits per heavy atom. The number of benzene rings is 1. The first-order valence-corrected chi connectivity index (χ1v) is 6.15. The summed E-state index contributed by atoms with van der Waals surface area (Å²) >= 11 is 0. The van der Waals surface area contributed by atoms with Gasteiger partial charge in [-0.3, -0.25) is 20.2 Å². The van der Waals surface area contributed by atoms with Crippen molar-refractivity contribution in [3.8, 4) is 0 Å². The highest BCUT2D eigenvalue weighted by molar-refractivity contribution is 7.90. The van der Waals surface area contributed by atoms with Crippen molar-refractivity contribution in [3.63, 3.8) is 0 Å². The van der Waals surface area contributed by atoms with Crippen molar-refractivity contribution in [3.05, 3.63) is 24.3 Å². The van der Waals surface area contributed by atoms with Crippen LogP contribution < -0.4 is 16.4 Å². The standard InChI is InChI=1S/C9H8N4O4S/c10-5-1-3-6(4-2-5)18(16,17)13-9-11-7(14)8(15)12-9/h1-4H,10H2,(H2,11,12,13,14,15). The number of hydrogen-bond donors (Lipinski definition) is 3. The molecule has 1 aromatic rings. The number of carbonyl (C=O) groups excluding carboxylic acids is 2. The van der Waals surface area contributed by atoms with Gasteiger partial charge in [0.1, 0.15) is 0 Å². The van der Waals surface area contributed by atoms with E-state index in [0.29, 0.717) is 5.69 Å². The number of nitrogens with one attached hydrogen (secondary N) is 2. The maximum Gasteiger partial charge on any atom is 0.316 e. The molecule has 1 aliphatic rings. The van der Waals surface area contributed by atoms with Crippen molar-refractivity contribution in [1.29, 1.82) is 0 Å². The first-order chi connectivity index (χ1) is 8.38. The molecule has 1 fully saturated rings. The molecule has 1 heterocycles. The van der Waals surface area contributed by atoms with Gasteiger partial charge in [-0.25, -0.2) is 0 Å². The minimum absolute atomic E-state index is 0.0976. The molecule has 2 amide bonds. The van der Waals surface area contributed by atoms with Crippen LogP contribution in [0.2, 0.25) is 0 Å². The second-order valence-electron chi connectivity index (χ2n) is 3.39. The first-order valence-electron chi connectivity index (χ1n) is 4.71. The summed E-state index contributed by atoms with van der Waals surface area (Å²) < 4.78 is 26.9. The number of anilines is 1. The van der Waals surface area contributed by atoms with E-state index in [9.17, 15) is 18.0 Å². The fourth-order valence-electron chi connectivity index (χ4n) is 1.22. The molecule has 94 valence electrons. The fraction of sp³-hybridized carbons (Fsp3) is 0. The number of guanidine groups is 1. The highest BCUT2D eigenvalue weighted by Gasteiger charge is 2.27. The lowest BCUT2D eigenvalue weighted by Crippen LogP contribution is -2.26. The SMILES string of the molecule is Nc1ccc(S(=O)(=O)N=C2NC(=O)C(=O)N2)cc1. The third-order valence-electron chi connectivity index (χ3n) is 2.06. The average molecular weight is 268 g/mol. The molecule has 0 aliphatic carbocycles. The van der Waals surface area contributed by atoms with E-state index in [0.717, 1.165) is 0 Å². The van der Waals surface area contributed by atoms with Crippen molar-refractivity contribution < 1.29 is 18.0 Å².